The van der Waals surface area contributed by atoms with E-state index in [4.69, 9.17) is 0 Å². The van der Waals surface area contributed by atoms with Crippen LogP contribution in [0.25, 0.3) is 11.8 Å². The highest BCUT2D eigenvalue weighted by atomic mass is 19.4. The summed E-state index contributed by atoms with van der Waals surface area (Å²) in [6.07, 6.45) is 3.03. The Balaban J connectivity index is 1.37. The first-order valence-electron chi connectivity index (χ1n) is 10.5. The van der Waals surface area contributed by atoms with Crippen LogP contribution < -0.4 is 15.5 Å². The second-order valence-electron chi connectivity index (χ2n) is 7.85. The highest BCUT2D eigenvalue weighted by Crippen LogP contribution is 2.27. The van der Waals surface area contributed by atoms with Gasteiger partial charge in [0.05, 0.1) is 17.6 Å². The van der Waals surface area contributed by atoms with Crippen LogP contribution >= 0.6 is 0 Å². The fraction of sp³-hybridized carbons (Fsp3) is 0.208. The summed E-state index contributed by atoms with van der Waals surface area (Å²) >= 11 is 0. The summed E-state index contributed by atoms with van der Waals surface area (Å²) in [4.78, 5) is 12.2. The van der Waals surface area contributed by atoms with Crippen LogP contribution in [-0.2, 0) is 6.42 Å². The lowest BCUT2D eigenvalue weighted by molar-refractivity contribution is -0.274. The first-order valence-corrected chi connectivity index (χ1v) is 10.5. The molecule has 3 aromatic rings. The number of rotatable bonds is 5. The Hall–Kier alpha value is -4.08. The van der Waals surface area contributed by atoms with E-state index < -0.39 is 12.4 Å². The number of ether oxygens (including phenoxy) is 1. The lowest BCUT2D eigenvalue weighted by Gasteiger charge is -2.15. The van der Waals surface area contributed by atoms with Gasteiger partial charge in [-0.3, -0.25) is 0 Å². The molecule has 1 aliphatic carbocycles. The first kappa shape index (κ1) is 23.1. The second-order valence-corrected chi connectivity index (χ2v) is 7.85. The molecule has 2 N–H and O–H groups in total. The fourth-order valence-electron chi connectivity index (χ4n) is 3.71. The number of alkyl halides is 3. The number of hydrogen-bond acceptors (Lipinski definition) is 4. The maximum Gasteiger partial charge on any atom is 0.573 e. The topological polar surface area (TPSA) is 80.5 Å². The number of nitrogens with zero attached hydrogens (tertiary/aromatic N) is 3. The summed E-state index contributed by atoms with van der Waals surface area (Å²) in [5, 5.41) is 11.2. The van der Waals surface area contributed by atoms with Gasteiger partial charge >= 0.3 is 12.4 Å². The van der Waals surface area contributed by atoms with Crippen molar-refractivity contribution >= 4 is 24.0 Å². The van der Waals surface area contributed by atoms with Crippen molar-refractivity contribution in [2.24, 2.45) is 11.0 Å². The number of hydrazone groups is 1. The van der Waals surface area contributed by atoms with E-state index in [1.165, 1.54) is 24.3 Å². The number of allylic oxidation sites excluding steroid dienone is 1. The van der Waals surface area contributed by atoms with E-state index in [-0.39, 0.29) is 11.7 Å². The zero-order chi connectivity index (χ0) is 24.3. The monoisotopic (exact) mass is 469 g/mol. The van der Waals surface area contributed by atoms with Gasteiger partial charge in [-0.1, -0.05) is 24.3 Å². The number of carbonyl (C=O) groups is 1. The van der Waals surface area contributed by atoms with Gasteiger partial charge in [-0.15, -0.1) is 13.2 Å². The lowest BCUT2D eigenvalue weighted by atomic mass is 9.95. The van der Waals surface area contributed by atoms with Crippen LogP contribution in [0.15, 0.2) is 59.8 Å². The molecule has 34 heavy (non-hydrogen) atoms. The van der Waals surface area contributed by atoms with Crippen LogP contribution in [-0.4, -0.2) is 28.4 Å². The minimum atomic E-state index is -4.74. The van der Waals surface area contributed by atoms with E-state index in [0.717, 1.165) is 28.1 Å². The molecule has 2 amide bonds. The molecule has 1 unspecified atom stereocenters. The van der Waals surface area contributed by atoms with Crippen LogP contribution in [0.1, 0.15) is 22.4 Å². The van der Waals surface area contributed by atoms with Crippen molar-refractivity contribution in [2.45, 2.75) is 26.6 Å². The molecule has 0 spiro atoms. The minimum absolute atomic E-state index is 0.0480. The number of urea groups is 1. The third-order valence-corrected chi connectivity index (χ3v) is 5.31. The van der Waals surface area contributed by atoms with Crippen LogP contribution in [0.4, 0.5) is 23.7 Å². The van der Waals surface area contributed by atoms with Gasteiger partial charge < -0.3 is 10.1 Å². The predicted octanol–water partition coefficient (Wildman–Crippen LogP) is 5.38. The lowest BCUT2D eigenvalue weighted by Crippen LogP contribution is -2.25. The number of nitrogens with one attached hydrogen (secondary N) is 2. The number of halogens is 3. The summed E-state index contributed by atoms with van der Waals surface area (Å²) in [5.41, 5.74) is 7.54. The Bertz CT molecular complexity index is 1230. The number of benzene rings is 2. The summed E-state index contributed by atoms with van der Waals surface area (Å²) in [6.45, 7) is 3.84. The Morgan fingerprint density at radius 1 is 1.18 bits per heavy atom. The summed E-state index contributed by atoms with van der Waals surface area (Å²) in [7, 11) is 0. The van der Waals surface area contributed by atoms with Crippen LogP contribution in [0, 0.1) is 19.8 Å². The molecule has 1 aliphatic rings. The third kappa shape index (κ3) is 5.45. The van der Waals surface area contributed by atoms with E-state index in [1.54, 1.807) is 17.1 Å². The molecule has 7 nitrogen and oxygen atoms in total. The third-order valence-electron chi connectivity index (χ3n) is 5.31. The molecule has 0 saturated heterocycles. The Labute approximate surface area is 193 Å². The summed E-state index contributed by atoms with van der Waals surface area (Å²) in [6, 6.07) is 10.8. The van der Waals surface area contributed by atoms with Crippen molar-refractivity contribution < 1.29 is 22.7 Å². The van der Waals surface area contributed by atoms with Gasteiger partial charge in [-0.25, -0.2) is 14.9 Å². The van der Waals surface area contributed by atoms with Crippen molar-refractivity contribution in [2.75, 3.05) is 5.32 Å². The fourth-order valence-corrected chi connectivity index (χ4v) is 3.71. The number of fused-ring (bicyclic) bond motifs is 1. The Morgan fingerprint density at radius 2 is 1.88 bits per heavy atom. The molecule has 176 valence electrons. The van der Waals surface area contributed by atoms with Gasteiger partial charge in [0.25, 0.3) is 0 Å². The minimum Gasteiger partial charge on any atom is -0.406 e. The number of aryl methyl sites for hydroxylation is 2. The molecule has 0 radical (unpaired) electrons. The van der Waals surface area contributed by atoms with Gasteiger partial charge in [0, 0.05) is 17.8 Å². The zero-order valence-corrected chi connectivity index (χ0v) is 18.4. The molecular weight excluding hydrogens is 447 g/mol. The van der Waals surface area contributed by atoms with Gasteiger partial charge in [0.15, 0.2) is 0 Å². The van der Waals surface area contributed by atoms with Crippen LogP contribution in [0.3, 0.4) is 0 Å². The smallest absolute Gasteiger partial charge is 0.406 e. The van der Waals surface area contributed by atoms with Crippen molar-refractivity contribution in [3.8, 4) is 11.4 Å². The maximum absolute atomic E-state index is 12.4. The molecule has 1 atom stereocenters. The van der Waals surface area contributed by atoms with E-state index >= 15 is 0 Å². The number of para-hydroxylation sites is 1. The molecule has 1 heterocycles. The number of amides is 2. The Morgan fingerprint density at radius 3 is 2.56 bits per heavy atom. The standard InChI is InChI=1S/C24H22F3N5O2/c1-15-4-3-5-16(2)22(15)30-23(33)31-28-13-17-6-11-21-18(12-17)14-29-32(21)19-7-9-20(10-8-19)34-24(25,26)27/h3-11,13-14,17H,12H2,1-2H3,(H2,30,31,33)/b28-13-. The van der Waals surface area contributed by atoms with E-state index in [2.05, 4.69) is 25.7 Å². The maximum atomic E-state index is 12.4. The average molecular weight is 469 g/mol. The van der Waals surface area contributed by atoms with Gasteiger partial charge in [-0.05, 0) is 67.3 Å². The molecule has 0 bridgehead atoms. The van der Waals surface area contributed by atoms with E-state index in [1.807, 2.05) is 44.2 Å². The average Bonchev–Trinajstić information content (AvgIpc) is 3.19. The highest BCUT2D eigenvalue weighted by Gasteiger charge is 2.31. The second kappa shape index (κ2) is 9.42. The largest absolute Gasteiger partial charge is 0.573 e. The summed E-state index contributed by atoms with van der Waals surface area (Å²) in [5.74, 6) is -0.341. The first-order chi connectivity index (χ1) is 16.2. The van der Waals surface area contributed by atoms with E-state index in [9.17, 15) is 18.0 Å². The normalized spacial score (nSPS) is 15.3. The molecule has 0 saturated carbocycles. The molecule has 10 heteroatoms. The van der Waals surface area contributed by atoms with Crippen LogP contribution in [0.5, 0.6) is 5.75 Å². The SMILES string of the molecule is Cc1cccc(C)c1NC(=O)N/N=C\C1C=Cc2c(cnn2-c2ccc(OC(F)(F)F)cc2)C1. The predicted molar refractivity (Wildman–Crippen MR) is 123 cm³/mol. The molecule has 0 fully saturated rings. The summed E-state index contributed by atoms with van der Waals surface area (Å²) < 4.78 is 42.6. The number of hydrogen-bond donors (Lipinski definition) is 2. The molecular formula is C24H22F3N5O2. The quantitative estimate of drug-likeness (QED) is 0.389. The molecule has 1 aromatic heterocycles. The van der Waals surface area contributed by atoms with E-state index in [0.29, 0.717) is 12.1 Å². The van der Waals surface area contributed by atoms with Crippen LogP contribution in [0.2, 0.25) is 0 Å². The Kier molecular flexibility index (Phi) is 6.40. The highest BCUT2D eigenvalue weighted by molar-refractivity contribution is 5.91. The van der Waals surface area contributed by atoms with Gasteiger partial charge in [0.1, 0.15) is 5.75 Å². The van der Waals surface area contributed by atoms with Crippen molar-refractivity contribution in [3.05, 3.63) is 77.1 Å². The number of anilines is 1. The van der Waals surface area contributed by atoms with Crippen molar-refractivity contribution in [1.82, 2.24) is 15.2 Å². The van der Waals surface area contributed by atoms with Gasteiger partial charge in [0.2, 0.25) is 0 Å². The van der Waals surface area contributed by atoms with Crippen molar-refractivity contribution in [3.63, 3.8) is 0 Å². The van der Waals surface area contributed by atoms with Crippen molar-refractivity contribution in [1.29, 1.82) is 0 Å². The molecule has 0 aliphatic heterocycles. The molecule has 4 rings (SSSR count). The van der Waals surface area contributed by atoms with Gasteiger partial charge in [-0.2, -0.15) is 10.2 Å². The molecule has 2 aromatic carbocycles. The zero-order valence-electron chi connectivity index (χ0n) is 18.4. The number of aromatic nitrogens is 2. The number of carbonyl (C=O) groups excluding carboxylic acids is 1.